The van der Waals surface area contributed by atoms with Crippen molar-refractivity contribution >= 4 is 23.9 Å². The van der Waals surface area contributed by atoms with E-state index in [1.807, 2.05) is 0 Å². The molecule has 1 saturated heterocycles. The summed E-state index contributed by atoms with van der Waals surface area (Å²) >= 11 is 0. The monoisotopic (exact) mass is 300 g/mol. The summed E-state index contributed by atoms with van der Waals surface area (Å²) < 4.78 is 5.04. The molecule has 21 heavy (non-hydrogen) atoms. The largest absolute Gasteiger partial charge is 0.444 e. The fourth-order valence-corrected chi connectivity index (χ4v) is 1.61. The lowest BCUT2D eigenvalue weighted by Crippen LogP contribution is -2.40. The molecule has 1 aliphatic heterocycles. The van der Waals surface area contributed by atoms with Crippen molar-refractivity contribution in [2.24, 2.45) is 0 Å². The number of carbonyl (C=O) groups excluding carboxylic acids is 4. The molecule has 1 heterocycles. The van der Waals surface area contributed by atoms with Gasteiger partial charge in [0.25, 0.3) is 11.8 Å². The molecule has 0 aromatic carbocycles. The smallest absolute Gasteiger partial charge is 0.407 e. The Labute approximate surface area is 122 Å². The lowest BCUT2D eigenvalue weighted by Gasteiger charge is -2.22. The van der Waals surface area contributed by atoms with Gasteiger partial charge in [-0.1, -0.05) is 0 Å². The Kier molecular flexibility index (Phi) is 5.28. The van der Waals surface area contributed by atoms with Gasteiger partial charge in [-0.3, -0.25) is 9.59 Å². The molecule has 1 aliphatic rings. The van der Waals surface area contributed by atoms with Gasteiger partial charge >= 0.3 is 12.1 Å². The minimum atomic E-state index is -0.776. The summed E-state index contributed by atoms with van der Waals surface area (Å²) in [6, 6.07) is -0.555. The van der Waals surface area contributed by atoms with Crippen molar-refractivity contribution in [1.29, 1.82) is 0 Å². The van der Waals surface area contributed by atoms with Gasteiger partial charge in [-0.05, 0) is 27.7 Å². The number of hydrogen-bond acceptors (Lipinski definition) is 6. The van der Waals surface area contributed by atoms with Gasteiger partial charge in [0, 0.05) is 18.9 Å². The molecule has 1 N–H and O–H groups in total. The fourth-order valence-electron chi connectivity index (χ4n) is 1.61. The lowest BCUT2D eigenvalue weighted by molar-refractivity contribution is -0.197. The minimum Gasteiger partial charge on any atom is -0.444 e. The van der Waals surface area contributed by atoms with Crippen molar-refractivity contribution < 1.29 is 28.8 Å². The highest BCUT2D eigenvalue weighted by Gasteiger charge is 2.33. The number of hydroxylamine groups is 2. The summed E-state index contributed by atoms with van der Waals surface area (Å²) in [5.41, 5.74) is -0.640. The van der Waals surface area contributed by atoms with Gasteiger partial charge in [-0.15, -0.1) is 5.06 Å². The van der Waals surface area contributed by atoms with E-state index in [0.717, 1.165) is 0 Å². The van der Waals surface area contributed by atoms with Crippen LogP contribution in [0.25, 0.3) is 0 Å². The molecule has 0 radical (unpaired) electrons. The van der Waals surface area contributed by atoms with E-state index >= 15 is 0 Å². The van der Waals surface area contributed by atoms with Gasteiger partial charge in [0.2, 0.25) is 0 Å². The zero-order valence-electron chi connectivity index (χ0n) is 12.6. The molecule has 0 aromatic heterocycles. The fraction of sp³-hybridized carbons (Fsp3) is 0.692. The lowest BCUT2D eigenvalue weighted by atomic mass is 10.2. The van der Waals surface area contributed by atoms with E-state index in [1.165, 1.54) is 0 Å². The first-order valence-electron chi connectivity index (χ1n) is 6.64. The quantitative estimate of drug-likeness (QED) is 0.774. The second kappa shape index (κ2) is 6.55. The van der Waals surface area contributed by atoms with Crippen LogP contribution in [0.15, 0.2) is 0 Å². The van der Waals surface area contributed by atoms with Crippen LogP contribution in [0.1, 0.15) is 47.0 Å². The summed E-state index contributed by atoms with van der Waals surface area (Å²) in [6.07, 6.45) is -0.762. The Bertz CT molecular complexity index is 438. The summed E-state index contributed by atoms with van der Waals surface area (Å²) in [6.45, 7) is 6.74. The van der Waals surface area contributed by atoms with E-state index in [4.69, 9.17) is 9.57 Å². The molecular formula is C13H20N2O6. The molecule has 8 heteroatoms. The average Bonchev–Trinajstić information content (AvgIpc) is 2.57. The molecule has 1 atom stereocenters. The predicted molar refractivity (Wildman–Crippen MR) is 70.6 cm³/mol. The molecule has 1 fully saturated rings. The van der Waals surface area contributed by atoms with Crippen molar-refractivity contribution in [2.45, 2.75) is 58.6 Å². The first-order valence-corrected chi connectivity index (χ1v) is 6.64. The first-order chi connectivity index (χ1) is 9.58. The Morgan fingerprint density at radius 2 is 1.76 bits per heavy atom. The van der Waals surface area contributed by atoms with Gasteiger partial charge < -0.3 is 14.9 Å². The van der Waals surface area contributed by atoms with Crippen LogP contribution in [0.2, 0.25) is 0 Å². The molecule has 0 aromatic rings. The Morgan fingerprint density at radius 1 is 1.24 bits per heavy atom. The van der Waals surface area contributed by atoms with Crippen LogP contribution in [0.5, 0.6) is 0 Å². The second-order valence-electron chi connectivity index (χ2n) is 5.80. The zero-order valence-corrected chi connectivity index (χ0v) is 12.6. The number of alkyl carbamates (subject to hydrolysis) is 1. The summed E-state index contributed by atoms with van der Waals surface area (Å²) in [7, 11) is 0. The molecule has 8 nitrogen and oxygen atoms in total. The molecule has 0 unspecified atom stereocenters. The van der Waals surface area contributed by atoms with Gasteiger partial charge in [0.05, 0.1) is 6.42 Å². The molecule has 0 aliphatic carbocycles. The highest BCUT2D eigenvalue weighted by Crippen LogP contribution is 2.13. The molecule has 0 spiro atoms. The Balaban J connectivity index is 2.39. The van der Waals surface area contributed by atoms with Gasteiger partial charge in [0.15, 0.2) is 0 Å². The summed E-state index contributed by atoms with van der Waals surface area (Å²) in [5.74, 6) is -1.86. The molecule has 3 amide bonds. The number of rotatable bonds is 4. The molecule has 0 bridgehead atoms. The molecule has 0 saturated carbocycles. The van der Waals surface area contributed by atoms with E-state index in [1.54, 1.807) is 27.7 Å². The van der Waals surface area contributed by atoms with Crippen LogP contribution >= 0.6 is 0 Å². The van der Waals surface area contributed by atoms with Crippen molar-refractivity contribution in [2.75, 3.05) is 0 Å². The highest BCUT2D eigenvalue weighted by molar-refractivity contribution is 6.01. The van der Waals surface area contributed by atoms with Crippen LogP contribution in [0.3, 0.4) is 0 Å². The molecular weight excluding hydrogens is 280 g/mol. The van der Waals surface area contributed by atoms with Gasteiger partial charge in [0.1, 0.15) is 5.60 Å². The molecule has 1 rings (SSSR count). The first kappa shape index (κ1) is 16.9. The van der Waals surface area contributed by atoms with Crippen molar-refractivity contribution in [1.82, 2.24) is 10.4 Å². The summed E-state index contributed by atoms with van der Waals surface area (Å²) in [5, 5.41) is 2.94. The van der Waals surface area contributed by atoms with Crippen molar-refractivity contribution in [3.63, 3.8) is 0 Å². The second-order valence-corrected chi connectivity index (χ2v) is 5.80. The number of carbonyl (C=O) groups is 4. The third-order valence-corrected chi connectivity index (χ3v) is 2.43. The minimum absolute atomic E-state index is 0.0395. The van der Waals surface area contributed by atoms with Crippen LogP contribution in [-0.4, -0.2) is 40.6 Å². The topological polar surface area (TPSA) is 102 Å². The number of nitrogens with zero attached hydrogens (tertiary/aromatic N) is 1. The van der Waals surface area contributed by atoms with E-state index in [2.05, 4.69) is 5.32 Å². The number of nitrogens with one attached hydrogen (secondary N) is 1. The van der Waals surface area contributed by atoms with Crippen LogP contribution < -0.4 is 5.32 Å². The predicted octanol–water partition coefficient (Wildman–Crippen LogP) is 0.897. The number of imide groups is 1. The Morgan fingerprint density at radius 3 is 2.24 bits per heavy atom. The van der Waals surface area contributed by atoms with E-state index in [-0.39, 0.29) is 19.3 Å². The maximum absolute atomic E-state index is 11.6. The number of ether oxygens (including phenoxy) is 1. The SMILES string of the molecule is C[C@@H](CC(=O)ON1C(=O)CCC1=O)NC(=O)OC(C)(C)C. The number of amides is 3. The number of hydrogen-bond donors (Lipinski definition) is 1. The van der Waals surface area contributed by atoms with Crippen LogP contribution in [0.4, 0.5) is 4.79 Å². The van der Waals surface area contributed by atoms with E-state index in [0.29, 0.717) is 5.06 Å². The van der Waals surface area contributed by atoms with Crippen molar-refractivity contribution in [3.05, 3.63) is 0 Å². The van der Waals surface area contributed by atoms with E-state index < -0.39 is 35.5 Å². The third kappa shape index (κ3) is 5.80. The van der Waals surface area contributed by atoms with Crippen LogP contribution in [0, 0.1) is 0 Å². The maximum atomic E-state index is 11.6. The standard InChI is InChI=1S/C13H20N2O6/c1-8(14-12(19)20-13(2,3)4)7-11(18)21-15-9(16)5-6-10(15)17/h8H,5-7H2,1-4H3,(H,14,19)/t8-/m0/s1. The third-order valence-electron chi connectivity index (χ3n) is 2.43. The zero-order chi connectivity index (χ0) is 16.2. The van der Waals surface area contributed by atoms with Crippen molar-refractivity contribution in [3.8, 4) is 0 Å². The maximum Gasteiger partial charge on any atom is 0.407 e. The van der Waals surface area contributed by atoms with Gasteiger partial charge in [-0.25, -0.2) is 9.59 Å². The highest BCUT2D eigenvalue weighted by atomic mass is 16.7. The van der Waals surface area contributed by atoms with E-state index in [9.17, 15) is 19.2 Å². The normalized spacial score (nSPS) is 16.7. The molecule has 118 valence electrons. The Hall–Kier alpha value is -2.12. The van der Waals surface area contributed by atoms with Crippen LogP contribution in [-0.2, 0) is 24.0 Å². The van der Waals surface area contributed by atoms with Gasteiger partial charge in [-0.2, -0.15) is 0 Å². The average molecular weight is 300 g/mol. The summed E-state index contributed by atoms with van der Waals surface area (Å²) in [4.78, 5) is 50.4.